The molecule has 0 fully saturated rings. The van der Waals surface area contributed by atoms with Crippen molar-refractivity contribution in [2.45, 2.75) is 6.42 Å². The Morgan fingerprint density at radius 3 is 3.09 bits per heavy atom. The molecule has 0 unspecified atom stereocenters. The maximum Gasteiger partial charge on any atom is 0.0937 e. The van der Waals surface area contributed by atoms with Crippen LogP contribution in [0.15, 0.2) is 11.6 Å². The molecule has 0 aromatic carbocycles. The smallest absolute Gasteiger partial charge is 0.0937 e. The molecule has 1 heterocycles. The van der Waals surface area contributed by atoms with E-state index in [-0.39, 0.29) is 6.61 Å². The van der Waals surface area contributed by atoms with Crippen LogP contribution in [0.2, 0.25) is 0 Å². The monoisotopic (exact) mass is 172 g/mol. The summed E-state index contributed by atoms with van der Waals surface area (Å²) in [5, 5.41) is 14.7. The number of thiazole rings is 1. The minimum atomic E-state index is 0.206. The lowest BCUT2D eigenvalue weighted by Crippen LogP contribution is -2.20. The molecule has 0 radical (unpaired) electrons. The molecule has 62 valence electrons. The minimum absolute atomic E-state index is 0.206. The highest BCUT2D eigenvalue weighted by atomic mass is 32.1. The van der Waals surface area contributed by atoms with Crippen molar-refractivity contribution < 1.29 is 5.11 Å². The molecule has 0 spiro atoms. The van der Waals surface area contributed by atoms with Gasteiger partial charge in [0.1, 0.15) is 0 Å². The molecule has 0 amide bonds. The van der Waals surface area contributed by atoms with Gasteiger partial charge in [0.25, 0.3) is 0 Å². The molecule has 0 aliphatic carbocycles. The van der Waals surface area contributed by atoms with E-state index >= 15 is 0 Å². The molecule has 2 N–H and O–H groups in total. The van der Waals surface area contributed by atoms with Crippen LogP contribution < -0.4 is 5.32 Å². The Labute approximate surface area is 70.1 Å². The molecule has 0 saturated heterocycles. The summed E-state index contributed by atoms with van der Waals surface area (Å²) in [4.78, 5) is 4.13. The molecule has 3 nitrogen and oxygen atoms in total. The second kappa shape index (κ2) is 5.23. The van der Waals surface area contributed by atoms with Crippen LogP contribution in [0.3, 0.4) is 0 Å². The number of nitrogens with one attached hydrogen (secondary N) is 1. The van der Waals surface area contributed by atoms with E-state index in [1.807, 2.05) is 11.6 Å². The quantitative estimate of drug-likeness (QED) is 0.627. The van der Waals surface area contributed by atoms with E-state index in [1.165, 1.54) is 0 Å². The molecule has 11 heavy (non-hydrogen) atoms. The Bertz CT molecular complexity index is 177. The fourth-order valence-electron chi connectivity index (χ4n) is 0.776. The molecule has 0 bridgehead atoms. The van der Waals surface area contributed by atoms with Gasteiger partial charge in [0.05, 0.1) is 11.6 Å². The average molecular weight is 172 g/mol. The summed E-state index contributed by atoms with van der Waals surface area (Å²) in [6, 6.07) is 0. The van der Waals surface area contributed by atoms with E-state index in [9.17, 15) is 0 Å². The third-order valence-electron chi connectivity index (χ3n) is 1.29. The van der Waals surface area contributed by atoms with Crippen LogP contribution in [0, 0.1) is 0 Å². The minimum Gasteiger partial charge on any atom is -0.395 e. The highest BCUT2D eigenvalue weighted by Gasteiger charge is 1.93. The van der Waals surface area contributed by atoms with Gasteiger partial charge in [0.2, 0.25) is 0 Å². The van der Waals surface area contributed by atoms with E-state index in [0.717, 1.165) is 18.0 Å². The number of aliphatic hydroxyl groups excluding tert-OH is 1. The SMILES string of the molecule is OCCNCCc1nccs1. The summed E-state index contributed by atoms with van der Waals surface area (Å²) in [5.41, 5.74) is 0. The molecule has 0 atom stereocenters. The summed E-state index contributed by atoms with van der Waals surface area (Å²) in [5.74, 6) is 0. The highest BCUT2D eigenvalue weighted by Crippen LogP contribution is 2.02. The lowest BCUT2D eigenvalue weighted by Gasteiger charge is -1.98. The molecular weight excluding hydrogens is 160 g/mol. The predicted octanol–water partition coefficient (Wildman–Crippen LogP) is 0.267. The zero-order valence-corrected chi connectivity index (χ0v) is 7.10. The largest absolute Gasteiger partial charge is 0.395 e. The van der Waals surface area contributed by atoms with Crippen molar-refractivity contribution in [2.24, 2.45) is 0 Å². The van der Waals surface area contributed by atoms with Gasteiger partial charge in [0, 0.05) is 31.1 Å². The number of rotatable bonds is 5. The molecule has 0 aliphatic heterocycles. The summed E-state index contributed by atoms with van der Waals surface area (Å²) in [7, 11) is 0. The number of aromatic nitrogens is 1. The van der Waals surface area contributed by atoms with Crippen molar-refractivity contribution in [1.82, 2.24) is 10.3 Å². The Hall–Kier alpha value is -0.450. The molecule has 0 saturated carbocycles. The first-order valence-electron chi connectivity index (χ1n) is 3.63. The van der Waals surface area contributed by atoms with Crippen LogP contribution in [-0.4, -0.2) is 29.8 Å². The summed E-state index contributed by atoms with van der Waals surface area (Å²) in [6.45, 7) is 1.78. The third kappa shape index (κ3) is 3.46. The van der Waals surface area contributed by atoms with Crippen LogP contribution in [-0.2, 0) is 6.42 Å². The summed E-state index contributed by atoms with van der Waals surface area (Å²) in [6.07, 6.45) is 2.77. The van der Waals surface area contributed by atoms with Gasteiger partial charge in [0.15, 0.2) is 0 Å². The third-order valence-corrected chi connectivity index (χ3v) is 2.13. The molecular formula is C7H12N2OS. The van der Waals surface area contributed by atoms with Crippen LogP contribution in [0.5, 0.6) is 0 Å². The normalized spacial score (nSPS) is 10.3. The lowest BCUT2D eigenvalue weighted by molar-refractivity contribution is 0.293. The first-order chi connectivity index (χ1) is 5.43. The van der Waals surface area contributed by atoms with E-state index in [1.54, 1.807) is 11.3 Å². The van der Waals surface area contributed by atoms with Crippen molar-refractivity contribution in [3.8, 4) is 0 Å². The molecule has 1 rings (SSSR count). The summed E-state index contributed by atoms with van der Waals surface area (Å²) < 4.78 is 0. The van der Waals surface area contributed by atoms with Gasteiger partial charge in [-0.05, 0) is 0 Å². The fourth-order valence-corrected chi connectivity index (χ4v) is 1.40. The van der Waals surface area contributed by atoms with Gasteiger partial charge in [-0.2, -0.15) is 0 Å². The van der Waals surface area contributed by atoms with E-state index in [2.05, 4.69) is 10.3 Å². The van der Waals surface area contributed by atoms with E-state index in [0.29, 0.717) is 6.54 Å². The molecule has 4 heteroatoms. The number of aliphatic hydroxyl groups is 1. The number of nitrogens with zero attached hydrogens (tertiary/aromatic N) is 1. The van der Waals surface area contributed by atoms with Gasteiger partial charge in [-0.15, -0.1) is 11.3 Å². The Balaban J connectivity index is 2.04. The lowest BCUT2D eigenvalue weighted by atomic mass is 10.4. The van der Waals surface area contributed by atoms with Crippen molar-refractivity contribution in [3.05, 3.63) is 16.6 Å². The van der Waals surface area contributed by atoms with Crippen LogP contribution in [0.4, 0.5) is 0 Å². The Morgan fingerprint density at radius 1 is 1.55 bits per heavy atom. The predicted molar refractivity (Wildman–Crippen MR) is 45.8 cm³/mol. The topological polar surface area (TPSA) is 45.1 Å². The van der Waals surface area contributed by atoms with Gasteiger partial charge in [-0.3, -0.25) is 0 Å². The van der Waals surface area contributed by atoms with Crippen LogP contribution >= 0.6 is 11.3 Å². The van der Waals surface area contributed by atoms with Gasteiger partial charge in [-0.1, -0.05) is 0 Å². The maximum atomic E-state index is 8.45. The van der Waals surface area contributed by atoms with Gasteiger partial charge in [-0.25, -0.2) is 4.98 Å². The van der Waals surface area contributed by atoms with Gasteiger partial charge >= 0.3 is 0 Å². The zero-order chi connectivity index (χ0) is 7.94. The van der Waals surface area contributed by atoms with Crippen molar-refractivity contribution in [2.75, 3.05) is 19.7 Å². The summed E-state index contributed by atoms with van der Waals surface area (Å²) >= 11 is 1.67. The molecule has 0 aliphatic rings. The van der Waals surface area contributed by atoms with Crippen molar-refractivity contribution >= 4 is 11.3 Å². The first kappa shape index (κ1) is 8.64. The molecule has 1 aromatic heterocycles. The van der Waals surface area contributed by atoms with Crippen molar-refractivity contribution in [1.29, 1.82) is 0 Å². The van der Waals surface area contributed by atoms with Crippen molar-refractivity contribution in [3.63, 3.8) is 0 Å². The van der Waals surface area contributed by atoms with Crippen LogP contribution in [0.25, 0.3) is 0 Å². The van der Waals surface area contributed by atoms with Gasteiger partial charge < -0.3 is 10.4 Å². The van der Waals surface area contributed by atoms with E-state index in [4.69, 9.17) is 5.11 Å². The Kier molecular flexibility index (Phi) is 4.11. The molecule has 1 aromatic rings. The Morgan fingerprint density at radius 2 is 2.45 bits per heavy atom. The maximum absolute atomic E-state index is 8.45. The van der Waals surface area contributed by atoms with E-state index < -0.39 is 0 Å². The first-order valence-corrected chi connectivity index (χ1v) is 4.51. The fraction of sp³-hybridized carbons (Fsp3) is 0.571. The number of hydrogen-bond donors (Lipinski definition) is 2. The number of hydrogen-bond acceptors (Lipinski definition) is 4. The second-order valence-electron chi connectivity index (χ2n) is 2.15. The highest BCUT2D eigenvalue weighted by molar-refractivity contribution is 7.09. The second-order valence-corrected chi connectivity index (χ2v) is 3.13. The average Bonchev–Trinajstić information content (AvgIpc) is 2.50. The van der Waals surface area contributed by atoms with Crippen LogP contribution in [0.1, 0.15) is 5.01 Å². The zero-order valence-electron chi connectivity index (χ0n) is 6.29. The standard InChI is InChI=1S/C7H12N2OS/c10-5-3-8-2-1-7-9-4-6-11-7/h4,6,8,10H,1-3,5H2.